The Balaban J connectivity index is 2.37. The third kappa shape index (κ3) is 2.78. The smallest absolute Gasteiger partial charge is 0.0950 e. The minimum atomic E-state index is 0.693. The second-order valence-electron chi connectivity index (χ2n) is 4.02. The van der Waals surface area contributed by atoms with Gasteiger partial charge in [-0.15, -0.1) is 0 Å². The van der Waals surface area contributed by atoms with E-state index in [-0.39, 0.29) is 0 Å². The van der Waals surface area contributed by atoms with Crippen LogP contribution in [0.3, 0.4) is 0 Å². The number of hydrogen-bond acceptors (Lipinski definition) is 2. The summed E-state index contributed by atoms with van der Waals surface area (Å²) in [6.45, 7) is 0. The van der Waals surface area contributed by atoms with Gasteiger partial charge in [0, 0.05) is 12.0 Å². The lowest BCUT2D eigenvalue weighted by Gasteiger charge is -2.02. The van der Waals surface area contributed by atoms with Gasteiger partial charge in [0.25, 0.3) is 0 Å². The largest absolute Gasteiger partial charge is 0.405 e. The van der Waals surface area contributed by atoms with Crippen LogP contribution in [0.4, 0.5) is 0 Å². The maximum Gasteiger partial charge on any atom is 0.0950 e. The van der Waals surface area contributed by atoms with Crippen molar-refractivity contribution in [3.8, 4) is 6.07 Å². The lowest BCUT2D eigenvalue weighted by molar-refractivity contribution is 1.29. The van der Waals surface area contributed by atoms with Crippen LogP contribution in [0, 0.1) is 11.3 Å². The van der Waals surface area contributed by atoms with Crippen LogP contribution in [0.2, 0.25) is 0 Å². The van der Waals surface area contributed by atoms with E-state index in [9.17, 15) is 0 Å². The molecule has 1 aromatic rings. The van der Waals surface area contributed by atoms with Crippen molar-refractivity contribution in [2.24, 2.45) is 5.73 Å². The van der Waals surface area contributed by atoms with Crippen LogP contribution in [-0.2, 0) is 0 Å². The third-order valence-corrected chi connectivity index (χ3v) is 2.75. The van der Waals surface area contributed by atoms with Crippen LogP contribution >= 0.6 is 0 Å². The van der Waals surface area contributed by atoms with Gasteiger partial charge in [-0.25, -0.2) is 0 Å². The van der Waals surface area contributed by atoms with Gasteiger partial charge < -0.3 is 5.73 Å². The van der Waals surface area contributed by atoms with Gasteiger partial charge in [-0.2, -0.15) is 5.26 Å². The first-order chi connectivity index (χ1) is 8.83. The molecule has 18 heavy (non-hydrogen) atoms. The Morgan fingerprint density at radius 3 is 2.94 bits per heavy atom. The summed E-state index contributed by atoms with van der Waals surface area (Å²) in [5.74, 6) is 0. The number of nitriles is 1. The zero-order valence-electron chi connectivity index (χ0n) is 10.0. The highest BCUT2D eigenvalue weighted by Crippen LogP contribution is 2.21. The second kappa shape index (κ2) is 5.70. The number of hydrogen-bond donors (Lipinski definition) is 1. The molecule has 0 bridgehead atoms. The number of rotatable bonds is 2. The van der Waals surface area contributed by atoms with Crippen LogP contribution < -0.4 is 5.73 Å². The molecule has 2 rings (SSSR count). The Morgan fingerprint density at radius 1 is 1.28 bits per heavy atom. The number of allylic oxidation sites excluding steroid dienone is 6. The Morgan fingerprint density at radius 2 is 2.17 bits per heavy atom. The first-order valence-corrected chi connectivity index (χ1v) is 5.79. The molecule has 0 saturated heterocycles. The van der Waals surface area contributed by atoms with Crippen LogP contribution in [0.1, 0.15) is 17.5 Å². The van der Waals surface area contributed by atoms with Gasteiger partial charge in [0.05, 0.1) is 6.07 Å². The first-order valence-electron chi connectivity index (χ1n) is 5.79. The highest BCUT2D eigenvalue weighted by Gasteiger charge is 2.01. The minimum Gasteiger partial charge on any atom is -0.405 e. The van der Waals surface area contributed by atoms with Gasteiger partial charge in [0.1, 0.15) is 0 Å². The highest BCUT2D eigenvalue weighted by atomic mass is 14.5. The van der Waals surface area contributed by atoms with Crippen molar-refractivity contribution in [1.82, 2.24) is 0 Å². The minimum absolute atomic E-state index is 0.693. The second-order valence-corrected chi connectivity index (χ2v) is 4.02. The quantitative estimate of drug-likeness (QED) is 0.852. The van der Waals surface area contributed by atoms with Gasteiger partial charge in [-0.3, -0.25) is 0 Å². The summed E-state index contributed by atoms with van der Waals surface area (Å²) >= 11 is 0. The summed E-state index contributed by atoms with van der Waals surface area (Å²) in [4.78, 5) is 0. The predicted molar refractivity (Wildman–Crippen MR) is 75.1 cm³/mol. The molecule has 88 valence electrons. The topological polar surface area (TPSA) is 49.8 Å². The number of nitrogens with two attached hydrogens (primary N) is 1. The van der Waals surface area contributed by atoms with Gasteiger partial charge in [-0.05, 0) is 41.1 Å². The summed E-state index contributed by atoms with van der Waals surface area (Å²) in [6, 6.07) is 10.3. The van der Waals surface area contributed by atoms with Crippen molar-refractivity contribution in [2.45, 2.75) is 6.42 Å². The van der Waals surface area contributed by atoms with Crippen LogP contribution in [-0.4, -0.2) is 0 Å². The van der Waals surface area contributed by atoms with E-state index < -0.39 is 0 Å². The third-order valence-electron chi connectivity index (χ3n) is 2.75. The maximum atomic E-state index is 8.88. The molecule has 0 radical (unpaired) electrons. The van der Waals surface area contributed by atoms with Crippen molar-refractivity contribution in [3.05, 3.63) is 71.5 Å². The molecule has 0 unspecified atom stereocenters. The van der Waals surface area contributed by atoms with Crippen molar-refractivity contribution in [2.75, 3.05) is 0 Å². The fourth-order valence-corrected chi connectivity index (χ4v) is 1.84. The van der Waals surface area contributed by atoms with E-state index in [1.807, 2.05) is 42.5 Å². The van der Waals surface area contributed by atoms with E-state index in [1.54, 1.807) is 0 Å². The van der Waals surface area contributed by atoms with E-state index in [2.05, 4.69) is 18.2 Å². The molecule has 1 aromatic carbocycles. The molecule has 0 heterocycles. The lowest BCUT2D eigenvalue weighted by Crippen LogP contribution is -1.83. The molecule has 1 aliphatic rings. The maximum absolute atomic E-state index is 8.88. The number of nitrogens with zero attached hydrogens (tertiary/aromatic N) is 1. The summed E-state index contributed by atoms with van der Waals surface area (Å²) in [6.07, 6.45) is 12.0. The standard InChI is InChI=1S/C16H14N2/c17-10-9-13-3-1-6-16(11-13)15-5-2-4-14(12-18)7-8-15/h1-3,5-11H,4,17H2/b10-9-. The SMILES string of the molecule is N#CC1=CC=C(c2cccc(/C=C\N)c2)C=CC1. The molecule has 2 nitrogen and oxygen atoms in total. The fourth-order valence-electron chi connectivity index (χ4n) is 1.84. The predicted octanol–water partition coefficient (Wildman–Crippen LogP) is 3.41. The zero-order chi connectivity index (χ0) is 12.8. The first kappa shape index (κ1) is 11.9. The molecule has 0 spiro atoms. The zero-order valence-corrected chi connectivity index (χ0v) is 10.0. The summed E-state index contributed by atoms with van der Waals surface area (Å²) in [5, 5.41) is 8.88. The molecule has 0 aromatic heterocycles. The molecule has 1 aliphatic carbocycles. The van der Waals surface area contributed by atoms with Crippen LogP contribution in [0.25, 0.3) is 11.6 Å². The van der Waals surface area contributed by atoms with Gasteiger partial charge >= 0.3 is 0 Å². The Hall–Kier alpha value is -2.53. The van der Waals surface area contributed by atoms with Crippen molar-refractivity contribution in [3.63, 3.8) is 0 Å². The average Bonchev–Trinajstić information content (AvgIpc) is 2.65. The molecule has 0 atom stereocenters. The van der Waals surface area contributed by atoms with E-state index in [0.717, 1.165) is 22.3 Å². The molecule has 0 fully saturated rings. The van der Waals surface area contributed by atoms with Crippen molar-refractivity contribution >= 4 is 11.6 Å². The van der Waals surface area contributed by atoms with Crippen LogP contribution in [0.15, 0.2) is 60.3 Å². The van der Waals surface area contributed by atoms with E-state index in [4.69, 9.17) is 11.0 Å². The molecule has 2 N–H and O–H groups in total. The average molecular weight is 234 g/mol. The summed E-state index contributed by atoms with van der Waals surface area (Å²) < 4.78 is 0. The van der Waals surface area contributed by atoms with Gasteiger partial charge in [0.2, 0.25) is 0 Å². The molecular weight excluding hydrogens is 220 g/mol. The Bertz CT molecular complexity index is 596. The fraction of sp³-hybridized carbons (Fsp3) is 0.0625. The summed E-state index contributed by atoms with van der Waals surface area (Å²) in [5.41, 5.74) is 9.47. The molecule has 0 aliphatic heterocycles. The Labute approximate surface area is 107 Å². The molecular formula is C16H14N2. The van der Waals surface area contributed by atoms with Crippen molar-refractivity contribution < 1.29 is 0 Å². The highest BCUT2D eigenvalue weighted by molar-refractivity contribution is 5.77. The number of benzene rings is 1. The molecule has 0 saturated carbocycles. The Kier molecular flexibility index (Phi) is 3.78. The molecule has 2 heteroatoms. The summed E-state index contributed by atoms with van der Waals surface area (Å²) in [7, 11) is 0. The van der Waals surface area contributed by atoms with Gasteiger partial charge in [0.15, 0.2) is 0 Å². The van der Waals surface area contributed by atoms with Gasteiger partial charge in [-0.1, -0.05) is 36.4 Å². The monoisotopic (exact) mass is 234 g/mol. The van der Waals surface area contributed by atoms with E-state index in [0.29, 0.717) is 6.42 Å². The molecule has 0 amide bonds. The normalized spacial score (nSPS) is 14.8. The van der Waals surface area contributed by atoms with E-state index in [1.165, 1.54) is 6.20 Å². The van der Waals surface area contributed by atoms with E-state index >= 15 is 0 Å². The van der Waals surface area contributed by atoms with Crippen LogP contribution in [0.5, 0.6) is 0 Å². The lowest BCUT2D eigenvalue weighted by atomic mass is 10.0. The van der Waals surface area contributed by atoms with Crippen molar-refractivity contribution in [1.29, 1.82) is 5.26 Å².